The molecule has 18 heavy (non-hydrogen) atoms. The molecular formula is C13H10BrClN2O. The lowest BCUT2D eigenvalue weighted by atomic mass is 10.1. The van der Waals surface area contributed by atoms with E-state index in [1.807, 2.05) is 36.4 Å². The maximum Gasteiger partial charge on any atom is 0.129 e. The lowest BCUT2D eigenvalue weighted by Crippen LogP contribution is -2.06. The van der Waals surface area contributed by atoms with Crippen molar-refractivity contribution in [2.24, 2.45) is 5.16 Å². The summed E-state index contributed by atoms with van der Waals surface area (Å²) in [5.41, 5.74) is 2.16. The normalized spacial score (nSPS) is 11.6. The molecule has 2 aromatic rings. The fourth-order valence-corrected chi connectivity index (χ4v) is 2.00. The summed E-state index contributed by atoms with van der Waals surface area (Å²) < 4.78 is 0.976. The Bertz CT molecular complexity index is 569. The van der Waals surface area contributed by atoms with E-state index >= 15 is 0 Å². The van der Waals surface area contributed by atoms with Crippen LogP contribution in [0.15, 0.2) is 52.1 Å². The van der Waals surface area contributed by atoms with Crippen LogP contribution in [0.5, 0.6) is 0 Å². The second-order valence-electron chi connectivity index (χ2n) is 3.68. The van der Waals surface area contributed by atoms with Crippen molar-refractivity contribution in [1.29, 1.82) is 0 Å². The Morgan fingerprint density at radius 1 is 1.22 bits per heavy atom. The first-order valence-electron chi connectivity index (χ1n) is 5.27. The molecule has 0 saturated carbocycles. The van der Waals surface area contributed by atoms with Gasteiger partial charge in [0.15, 0.2) is 0 Å². The van der Waals surface area contributed by atoms with Crippen LogP contribution in [0.25, 0.3) is 0 Å². The molecule has 1 aromatic heterocycles. The number of pyridine rings is 1. The summed E-state index contributed by atoms with van der Waals surface area (Å²) >= 11 is 9.18. The summed E-state index contributed by atoms with van der Waals surface area (Å²) in [5, 5.41) is 12.9. The second-order valence-corrected chi connectivity index (χ2v) is 4.98. The van der Waals surface area contributed by atoms with Gasteiger partial charge in [0.25, 0.3) is 0 Å². The van der Waals surface area contributed by atoms with Crippen molar-refractivity contribution in [2.75, 3.05) is 0 Å². The van der Waals surface area contributed by atoms with Crippen LogP contribution in [-0.2, 0) is 6.42 Å². The van der Waals surface area contributed by atoms with Crippen molar-refractivity contribution in [3.05, 3.63) is 63.3 Å². The molecule has 1 heterocycles. The topological polar surface area (TPSA) is 45.5 Å². The van der Waals surface area contributed by atoms with Gasteiger partial charge in [0.2, 0.25) is 0 Å². The standard InChI is InChI=1S/C13H10BrClN2O/c14-10-6-4-9(5-7-10)12(17-18)8-11-2-1-3-13(15)16-11/h1-7,18H,8H2. The number of hydrogen-bond donors (Lipinski definition) is 1. The third kappa shape index (κ3) is 3.31. The quantitative estimate of drug-likeness (QED) is 0.402. The fourth-order valence-electron chi connectivity index (χ4n) is 1.56. The maximum atomic E-state index is 9.09. The van der Waals surface area contributed by atoms with Crippen LogP contribution < -0.4 is 0 Å². The van der Waals surface area contributed by atoms with Crippen LogP contribution >= 0.6 is 27.5 Å². The number of nitrogens with zero attached hydrogens (tertiary/aromatic N) is 2. The van der Waals surface area contributed by atoms with Gasteiger partial charge >= 0.3 is 0 Å². The highest BCUT2D eigenvalue weighted by molar-refractivity contribution is 9.10. The van der Waals surface area contributed by atoms with E-state index in [0.717, 1.165) is 15.7 Å². The van der Waals surface area contributed by atoms with Crippen LogP contribution in [0.1, 0.15) is 11.3 Å². The zero-order valence-electron chi connectivity index (χ0n) is 9.35. The van der Waals surface area contributed by atoms with Crippen molar-refractivity contribution in [3.8, 4) is 0 Å². The van der Waals surface area contributed by atoms with Crippen molar-refractivity contribution >= 4 is 33.2 Å². The van der Waals surface area contributed by atoms with Gasteiger partial charge in [-0.1, -0.05) is 50.9 Å². The molecule has 0 fully saturated rings. The third-order valence-electron chi connectivity index (χ3n) is 2.42. The minimum atomic E-state index is 0.429. The lowest BCUT2D eigenvalue weighted by Gasteiger charge is -2.05. The number of aromatic nitrogens is 1. The molecule has 2 rings (SSSR count). The maximum absolute atomic E-state index is 9.09. The first kappa shape index (κ1) is 13.1. The largest absolute Gasteiger partial charge is 0.411 e. The predicted molar refractivity (Wildman–Crippen MR) is 75.4 cm³/mol. The van der Waals surface area contributed by atoms with Crippen molar-refractivity contribution in [3.63, 3.8) is 0 Å². The molecule has 0 aliphatic carbocycles. The van der Waals surface area contributed by atoms with Crippen LogP contribution in [0, 0.1) is 0 Å². The van der Waals surface area contributed by atoms with Gasteiger partial charge in [0.1, 0.15) is 5.15 Å². The van der Waals surface area contributed by atoms with E-state index < -0.39 is 0 Å². The Balaban J connectivity index is 2.23. The Morgan fingerprint density at radius 3 is 2.56 bits per heavy atom. The first-order valence-corrected chi connectivity index (χ1v) is 6.44. The number of halogens is 2. The number of rotatable bonds is 3. The highest BCUT2D eigenvalue weighted by Crippen LogP contribution is 2.14. The van der Waals surface area contributed by atoms with Gasteiger partial charge in [-0.3, -0.25) is 0 Å². The molecule has 1 N–H and O–H groups in total. The summed E-state index contributed by atoms with van der Waals surface area (Å²) in [4.78, 5) is 4.17. The van der Waals surface area contributed by atoms with Crippen molar-refractivity contribution in [2.45, 2.75) is 6.42 Å². The molecule has 92 valence electrons. The summed E-state index contributed by atoms with van der Waals surface area (Å²) in [7, 11) is 0. The van der Waals surface area contributed by atoms with E-state index in [1.165, 1.54) is 0 Å². The molecule has 0 bridgehead atoms. The Kier molecular flexibility index (Phi) is 4.33. The Hall–Kier alpha value is -1.39. The molecule has 0 unspecified atom stereocenters. The minimum absolute atomic E-state index is 0.429. The molecule has 0 spiro atoms. The zero-order chi connectivity index (χ0) is 13.0. The second kappa shape index (κ2) is 5.98. The van der Waals surface area contributed by atoms with Crippen LogP contribution in [0.4, 0.5) is 0 Å². The van der Waals surface area contributed by atoms with Gasteiger partial charge in [-0.25, -0.2) is 4.98 Å². The SMILES string of the molecule is ON=C(Cc1cccc(Cl)n1)c1ccc(Br)cc1. The summed E-state index contributed by atoms with van der Waals surface area (Å²) in [6.45, 7) is 0. The van der Waals surface area contributed by atoms with Crippen LogP contribution in [0.2, 0.25) is 5.15 Å². The number of oxime groups is 1. The van der Waals surface area contributed by atoms with E-state index in [1.54, 1.807) is 6.07 Å². The summed E-state index contributed by atoms with van der Waals surface area (Å²) in [5.74, 6) is 0. The first-order chi connectivity index (χ1) is 8.69. The molecule has 0 saturated heterocycles. The highest BCUT2D eigenvalue weighted by Gasteiger charge is 2.07. The Labute approximate surface area is 118 Å². The third-order valence-corrected chi connectivity index (χ3v) is 3.16. The molecule has 3 nitrogen and oxygen atoms in total. The van der Waals surface area contributed by atoms with Crippen LogP contribution in [-0.4, -0.2) is 15.9 Å². The van der Waals surface area contributed by atoms with Crippen molar-refractivity contribution in [1.82, 2.24) is 4.98 Å². The predicted octanol–water partition coefficient (Wildman–Crippen LogP) is 3.92. The van der Waals surface area contributed by atoms with E-state index in [0.29, 0.717) is 17.3 Å². The molecule has 0 aliphatic rings. The molecular weight excluding hydrogens is 316 g/mol. The monoisotopic (exact) mass is 324 g/mol. The number of benzene rings is 1. The number of hydrogen-bond acceptors (Lipinski definition) is 3. The van der Waals surface area contributed by atoms with Gasteiger partial charge in [-0.2, -0.15) is 0 Å². The Morgan fingerprint density at radius 2 is 1.94 bits per heavy atom. The van der Waals surface area contributed by atoms with Gasteiger partial charge in [-0.15, -0.1) is 0 Å². The van der Waals surface area contributed by atoms with E-state index in [2.05, 4.69) is 26.1 Å². The summed E-state index contributed by atoms with van der Waals surface area (Å²) in [6.07, 6.45) is 0.429. The molecule has 0 radical (unpaired) electrons. The van der Waals surface area contributed by atoms with Gasteiger partial charge in [0, 0.05) is 16.6 Å². The average molecular weight is 326 g/mol. The molecule has 0 aliphatic heterocycles. The smallest absolute Gasteiger partial charge is 0.129 e. The fraction of sp³-hybridized carbons (Fsp3) is 0.0769. The molecule has 0 amide bonds. The summed E-state index contributed by atoms with van der Waals surface area (Å²) in [6, 6.07) is 12.9. The minimum Gasteiger partial charge on any atom is -0.411 e. The van der Waals surface area contributed by atoms with Gasteiger partial charge in [-0.05, 0) is 29.8 Å². The van der Waals surface area contributed by atoms with Gasteiger partial charge in [0.05, 0.1) is 5.71 Å². The molecule has 0 atom stereocenters. The molecule has 1 aromatic carbocycles. The van der Waals surface area contributed by atoms with E-state index in [9.17, 15) is 0 Å². The van der Waals surface area contributed by atoms with Crippen LogP contribution in [0.3, 0.4) is 0 Å². The lowest BCUT2D eigenvalue weighted by molar-refractivity contribution is 0.318. The highest BCUT2D eigenvalue weighted by atomic mass is 79.9. The van der Waals surface area contributed by atoms with Crippen molar-refractivity contribution < 1.29 is 5.21 Å². The molecule has 5 heteroatoms. The van der Waals surface area contributed by atoms with E-state index in [4.69, 9.17) is 16.8 Å². The average Bonchev–Trinajstić information content (AvgIpc) is 2.37. The zero-order valence-corrected chi connectivity index (χ0v) is 11.7. The van der Waals surface area contributed by atoms with E-state index in [-0.39, 0.29) is 0 Å². The van der Waals surface area contributed by atoms with Gasteiger partial charge < -0.3 is 5.21 Å².